The number of aliphatic carboxylic acids is 1. The number of allylic oxidation sites excluding steroid dienone is 4. The second-order valence-electron chi connectivity index (χ2n) is 19.5. The molecule has 0 aliphatic heterocycles. The second-order valence-corrected chi connectivity index (χ2v) is 20.5. The van der Waals surface area contributed by atoms with Crippen molar-refractivity contribution in [3.8, 4) is 0 Å². The third-order valence-electron chi connectivity index (χ3n) is 12.7. The number of carbonyl (C=O) groups is 4. The van der Waals surface area contributed by atoms with Crippen molar-refractivity contribution in [2.24, 2.45) is 0 Å². The van der Waals surface area contributed by atoms with Crippen molar-refractivity contribution < 1.29 is 33.8 Å². The number of carbonyl (C=O) groups excluding carboxylic acids is 3. The van der Waals surface area contributed by atoms with Gasteiger partial charge in [0.2, 0.25) is 5.91 Å². The van der Waals surface area contributed by atoms with Gasteiger partial charge in [-0.25, -0.2) is 4.79 Å². The molecule has 9 heteroatoms. The Morgan fingerprint density at radius 3 is 1.13 bits per heavy atom. The lowest BCUT2D eigenvalue weighted by Gasteiger charge is -2.19. The van der Waals surface area contributed by atoms with E-state index in [-0.39, 0.29) is 36.0 Å². The molecule has 0 aromatic carbocycles. The number of hydrogen-bond donors (Lipinski definition) is 2. The minimum Gasteiger partial charge on any atom is -0.480 e. The van der Waals surface area contributed by atoms with Gasteiger partial charge in [-0.15, -0.1) is 0 Å². The van der Waals surface area contributed by atoms with Crippen LogP contribution in [0, 0.1) is 0 Å². The summed E-state index contributed by atoms with van der Waals surface area (Å²) in [5, 5.41) is 12.6. The van der Waals surface area contributed by atoms with Crippen LogP contribution in [0.1, 0.15) is 290 Å². The first kappa shape index (κ1) is 64.7. The predicted octanol–water partition coefficient (Wildman–Crippen LogP) is 17.3. The maximum atomic E-state index is 12.9. The molecule has 0 spiro atoms. The standard InChI is InChI=1S/C58H107NO7S/c1-4-7-10-13-16-19-22-25-27-30-33-36-39-42-45-48-56(61)65-50-53(66-57(62)49-46-43-40-37-34-31-28-26-23-20-17-14-11-8-5-2)51-67-52-54(58(63)64)59-55(60)47-44-41-38-35-32-29-24-21-18-15-12-9-6-3/h25-28,53-54H,4-24,29-52H2,1-3H3,(H,59,60)(H,63,64)/b27-25-,28-26-/t53-,54-/m1/s1. The molecule has 392 valence electrons. The number of ether oxygens (including phenoxy) is 2. The van der Waals surface area contributed by atoms with Crippen molar-refractivity contribution in [3.05, 3.63) is 24.3 Å². The van der Waals surface area contributed by atoms with Crippen LogP contribution in [0.2, 0.25) is 0 Å². The van der Waals surface area contributed by atoms with E-state index in [4.69, 9.17) is 9.47 Å². The average Bonchev–Trinajstić information content (AvgIpc) is 3.31. The van der Waals surface area contributed by atoms with Gasteiger partial charge < -0.3 is 19.9 Å². The second kappa shape index (κ2) is 53.1. The lowest BCUT2D eigenvalue weighted by Crippen LogP contribution is -2.42. The smallest absolute Gasteiger partial charge is 0.327 e. The molecule has 0 aromatic rings. The minimum atomic E-state index is -1.09. The first-order valence-electron chi connectivity index (χ1n) is 28.6. The number of hydrogen-bond acceptors (Lipinski definition) is 7. The molecule has 0 bridgehead atoms. The average molecular weight is 963 g/mol. The largest absolute Gasteiger partial charge is 0.480 e. The van der Waals surface area contributed by atoms with Gasteiger partial charge in [0.25, 0.3) is 0 Å². The van der Waals surface area contributed by atoms with Crippen molar-refractivity contribution in [1.82, 2.24) is 5.32 Å². The molecule has 0 fully saturated rings. The van der Waals surface area contributed by atoms with Crippen molar-refractivity contribution in [3.63, 3.8) is 0 Å². The fourth-order valence-corrected chi connectivity index (χ4v) is 9.39. The number of esters is 2. The Kier molecular flexibility index (Phi) is 51.3. The minimum absolute atomic E-state index is 0.0574. The lowest BCUT2D eigenvalue weighted by molar-refractivity contribution is -0.157. The SMILES string of the molecule is CCCCCCCC/C=C\CCCCCCCC(=O)OC[C@H](CSC[C@@H](NC(=O)CCCCCCCCCCCCCCC)C(=O)O)OC(=O)CCCCCCC/C=C\CCCCCCCC. The number of thioether (sulfide) groups is 1. The zero-order valence-corrected chi connectivity index (χ0v) is 44.9. The van der Waals surface area contributed by atoms with Crippen molar-refractivity contribution in [2.75, 3.05) is 18.1 Å². The van der Waals surface area contributed by atoms with Gasteiger partial charge in [-0.1, -0.05) is 225 Å². The molecule has 0 unspecified atom stereocenters. The number of rotatable bonds is 53. The molecule has 2 atom stereocenters. The molecule has 0 heterocycles. The Labute approximate surface area is 418 Å². The summed E-state index contributed by atoms with van der Waals surface area (Å²) in [6, 6.07) is -1.05. The summed E-state index contributed by atoms with van der Waals surface area (Å²) < 4.78 is 11.4. The molecule has 67 heavy (non-hydrogen) atoms. The van der Waals surface area contributed by atoms with E-state index < -0.39 is 18.1 Å². The lowest BCUT2D eigenvalue weighted by atomic mass is 10.0. The highest BCUT2D eigenvalue weighted by Crippen LogP contribution is 2.17. The topological polar surface area (TPSA) is 119 Å². The van der Waals surface area contributed by atoms with E-state index in [1.54, 1.807) is 0 Å². The fourth-order valence-electron chi connectivity index (χ4n) is 8.36. The summed E-state index contributed by atoms with van der Waals surface area (Å²) in [5.41, 5.74) is 0. The summed E-state index contributed by atoms with van der Waals surface area (Å²) in [4.78, 5) is 50.5. The van der Waals surface area contributed by atoms with Crippen LogP contribution in [-0.2, 0) is 28.7 Å². The van der Waals surface area contributed by atoms with Crippen molar-refractivity contribution in [1.29, 1.82) is 0 Å². The monoisotopic (exact) mass is 962 g/mol. The van der Waals surface area contributed by atoms with Crippen molar-refractivity contribution >= 4 is 35.6 Å². The van der Waals surface area contributed by atoms with Crippen LogP contribution < -0.4 is 5.32 Å². The maximum absolute atomic E-state index is 12.9. The highest BCUT2D eigenvalue weighted by atomic mass is 32.2. The summed E-state index contributed by atoms with van der Waals surface area (Å²) in [6.45, 7) is 6.71. The van der Waals surface area contributed by atoms with Crippen molar-refractivity contribution in [2.45, 2.75) is 303 Å². The zero-order chi connectivity index (χ0) is 48.9. The van der Waals surface area contributed by atoms with Crippen LogP contribution >= 0.6 is 11.8 Å². The van der Waals surface area contributed by atoms with E-state index in [0.29, 0.717) is 19.3 Å². The molecular weight excluding hydrogens is 855 g/mol. The van der Waals surface area contributed by atoms with Gasteiger partial charge in [-0.3, -0.25) is 14.4 Å². The Hall–Kier alpha value is -2.29. The van der Waals surface area contributed by atoms with E-state index in [9.17, 15) is 24.3 Å². The highest BCUT2D eigenvalue weighted by Gasteiger charge is 2.23. The van der Waals surface area contributed by atoms with Gasteiger partial charge in [-0.05, 0) is 70.6 Å². The molecular formula is C58H107NO7S. The van der Waals surface area contributed by atoms with Gasteiger partial charge in [-0.2, -0.15) is 11.8 Å². The number of unbranched alkanes of at least 4 members (excludes halogenated alkanes) is 34. The van der Waals surface area contributed by atoms with Gasteiger partial charge >= 0.3 is 17.9 Å². The van der Waals surface area contributed by atoms with E-state index in [0.717, 1.165) is 89.9 Å². The highest BCUT2D eigenvalue weighted by molar-refractivity contribution is 7.99. The third kappa shape index (κ3) is 49.9. The summed E-state index contributed by atoms with van der Waals surface area (Å²) in [5.74, 6) is -1.55. The molecule has 0 saturated carbocycles. The quantitative estimate of drug-likeness (QED) is 0.0351. The molecule has 0 rings (SSSR count). The number of nitrogens with one attached hydrogen (secondary N) is 1. The molecule has 0 aliphatic carbocycles. The van der Waals surface area contributed by atoms with Gasteiger partial charge in [0, 0.05) is 30.8 Å². The van der Waals surface area contributed by atoms with Crippen LogP contribution in [0.5, 0.6) is 0 Å². The Bertz CT molecular complexity index is 1180. The number of carboxylic acids is 1. The Balaban J connectivity index is 4.64. The molecule has 0 aliphatic rings. The zero-order valence-electron chi connectivity index (χ0n) is 44.1. The first-order valence-corrected chi connectivity index (χ1v) is 29.7. The van der Waals surface area contributed by atoms with E-state index in [1.807, 2.05) is 0 Å². The molecule has 1 amide bonds. The van der Waals surface area contributed by atoms with E-state index in [2.05, 4.69) is 50.4 Å². The van der Waals surface area contributed by atoms with E-state index in [1.165, 1.54) is 172 Å². The van der Waals surface area contributed by atoms with Crippen LogP contribution in [0.25, 0.3) is 0 Å². The summed E-state index contributed by atoms with van der Waals surface area (Å²) >= 11 is 1.30. The van der Waals surface area contributed by atoms with Gasteiger partial charge in [0.15, 0.2) is 0 Å². The van der Waals surface area contributed by atoms with Gasteiger partial charge in [0.05, 0.1) is 0 Å². The predicted molar refractivity (Wildman–Crippen MR) is 287 cm³/mol. The van der Waals surface area contributed by atoms with Crippen LogP contribution in [0.4, 0.5) is 0 Å². The Morgan fingerprint density at radius 1 is 0.433 bits per heavy atom. The molecule has 2 N–H and O–H groups in total. The molecule has 0 saturated heterocycles. The normalized spacial score (nSPS) is 12.5. The van der Waals surface area contributed by atoms with Crippen LogP contribution in [0.15, 0.2) is 24.3 Å². The molecule has 0 radical (unpaired) electrons. The Morgan fingerprint density at radius 2 is 0.761 bits per heavy atom. The molecule has 0 aromatic heterocycles. The van der Waals surface area contributed by atoms with Gasteiger partial charge in [0.1, 0.15) is 18.8 Å². The number of carboxylic acid groups (broad SMARTS) is 1. The first-order chi connectivity index (χ1) is 32.8. The molecule has 8 nitrogen and oxygen atoms in total. The van der Waals surface area contributed by atoms with Crippen LogP contribution in [-0.4, -0.2) is 59.2 Å². The van der Waals surface area contributed by atoms with Crippen LogP contribution in [0.3, 0.4) is 0 Å². The number of amides is 1. The maximum Gasteiger partial charge on any atom is 0.327 e. The summed E-state index contributed by atoms with van der Waals surface area (Å²) in [6.07, 6.45) is 56.3. The summed E-state index contributed by atoms with van der Waals surface area (Å²) in [7, 11) is 0. The third-order valence-corrected chi connectivity index (χ3v) is 13.9. The fraction of sp³-hybridized carbons (Fsp3) is 0.862. The van der Waals surface area contributed by atoms with E-state index >= 15 is 0 Å².